The summed E-state index contributed by atoms with van der Waals surface area (Å²) in [5.41, 5.74) is 4.71. The molecular weight excluding hydrogens is 585 g/mol. The first-order chi connectivity index (χ1) is 17.7. The monoisotopic (exact) mass is 613 g/mol. The Kier molecular flexibility index (Phi) is 7.72. The van der Waals surface area contributed by atoms with E-state index in [0.29, 0.717) is 30.3 Å². The van der Waals surface area contributed by atoms with Crippen LogP contribution in [0.25, 0.3) is 11.8 Å². The molecule has 0 saturated carbocycles. The Labute approximate surface area is 229 Å². The molecule has 1 aromatic heterocycles. The number of nitrogens with zero attached hydrogens (tertiary/aromatic N) is 2. The van der Waals surface area contributed by atoms with Gasteiger partial charge in [-0.3, -0.25) is 14.9 Å². The summed E-state index contributed by atoms with van der Waals surface area (Å²) in [4.78, 5) is 40.2. The standard InChI is InChI=1S/C28H28IN3O5/c1-6-36-21-9-11-25(37-7-2)24(15-21)32-27(34)22(26(33)30-28(32)35)14-19-13-17(4)31(18(19)5)20-8-10-23(29)16(3)12-20/h8-15H,6-7H2,1-5H3,(H,30,33,35)/b22-14-. The lowest BCUT2D eigenvalue weighted by atomic mass is 10.1. The van der Waals surface area contributed by atoms with E-state index in [9.17, 15) is 14.4 Å². The van der Waals surface area contributed by atoms with Crippen LogP contribution in [-0.2, 0) is 9.59 Å². The average Bonchev–Trinajstić information content (AvgIpc) is 3.13. The number of carbonyl (C=O) groups excluding carboxylic acids is 3. The molecule has 8 nitrogen and oxygen atoms in total. The van der Waals surface area contributed by atoms with Gasteiger partial charge in [0.1, 0.15) is 17.1 Å². The van der Waals surface area contributed by atoms with Crippen molar-refractivity contribution in [3.8, 4) is 17.2 Å². The van der Waals surface area contributed by atoms with Crippen LogP contribution < -0.4 is 19.7 Å². The van der Waals surface area contributed by atoms with Crippen LogP contribution in [-0.4, -0.2) is 35.6 Å². The number of hydrogen-bond donors (Lipinski definition) is 1. The van der Waals surface area contributed by atoms with E-state index in [-0.39, 0.29) is 11.3 Å². The highest BCUT2D eigenvalue weighted by Crippen LogP contribution is 2.35. The summed E-state index contributed by atoms with van der Waals surface area (Å²) in [5, 5.41) is 2.29. The van der Waals surface area contributed by atoms with Crippen LogP contribution in [0.2, 0.25) is 0 Å². The number of aryl methyl sites for hydroxylation is 2. The van der Waals surface area contributed by atoms with Crippen LogP contribution in [0.1, 0.15) is 36.4 Å². The van der Waals surface area contributed by atoms with Crippen molar-refractivity contribution < 1.29 is 23.9 Å². The molecule has 0 aliphatic carbocycles. The summed E-state index contributed by atoms with van der Waals surface area (Å²) in [7, 11) is 0. The Hall–Kier alpha value is -3.60. The third-order valence-electron chi connectivity index (χ3n) is 6.05. The van der Waals surface area contributed by atoms with E-state index in [1.165, 1.54) is 9.65 Å². The smallest absolute Gasteiger partial charge is 0.336 e. The number of nitrogens with one attached hydrogen (secondary N) is 1. The molecule has 0 unspecified atom stereocenters. The van der Waals surface area contributed by atoms with Crippen molar-refractivity contribution in [2.45, 2.75) is 34.6 Å². The highest BCUT2D eigenvalue weighted by molar-refractivity contribution is 14.1. The quantitative estimate of drug-likeness (QED) is 0.217. The number of aromatic nitrogens is 1. The molecule has 9 heteroatoms. The maximum atomic E-state index is 13.6. The summed E-state index contributed by atoms with van der Waals surface area (Å²) in [5.74, 6) is -0.686. The van der Waals surface area contributed by atoms with E-state index in [0.717, 1.165) is 27.5 Å². The fourth-order valence-corrected chi connectivity index (χ4v) is 4.67. The molecule has 4 amide bonds. The predicted molar refractivity (Wildman–Crippen MR) is 150 cm³/mol. The van der Waals surface area contributed by atoms with E-state index < -0.39 is 17.8 Å². The number of imide groups is 2. The Morgan fingerprint density at radius 2 is 1.68 bits per heavy atom. The van der Waals surface area contributed by atoms with Gasteiger partial charge >= 0.3 is 6.03 Å². The summed E-state index contributed by atoms with van der Waals surface area (Å²) in [6.45, 7) is 10.3. The maximum absolute atomic E-state index is 13.6. The molecule has 2 heterocycles. The van der Waals surface area contributed by atoms with Crippen LogP contribution in [0, 0.1) is 24.3 Å². The van der Waals surface area contributed by atoms with Gasteiger partial charge < -0.3 is 14.0 Å². The van der Waals surface area contributed by atoms with Crippen LogP contribution in [0.3, 0.4) is 0 Å². The van der Waals surface area contributed by atoms with Gasteiger partial charge in [-0.2, -0.15) is 0 Å². The lowest BCUT2D eigenvalue weighted by Crippen LogP contribution is -2.54. The number of rotatable bonds is 7. The fraction of sp³-hybridized carbons (Fsp3) is 0.250. The molecule has 3 aromatic rings. The topological polar surface area (TPSA) is 89.9 Å². The second kappa shape index (κ2) is 10.8. The van der Waals surface area contributed by atoms with E-state index in [2.05, 4.69) is 51.5 Å². The summed E-state index contributed by atoms with van der Waals surface area (Å²) < 4.78 is 14.5. The molecule has 192 valence electrons. The lowest BCUT2D eigenvalue weighted by Gasteiger charge is -2.28. The number of ether oxygens (including phenoxy) is 2. The van der Waals surface area contributed by atoms with Crippen molar-refractivity contribution in [1.82, 2.24) is 9.88 Å². The van der Waals surface area contributed by atoms with Gasteiger partial charge in [-0.1, -0.05) is 0 Å². The van der Waals surface area contributed by atoms with Gasteiger partial charge in [-0.15, -0.1) is 0 Å². The molecule has 37 heavy (non-hydrogen) atoms. The van der Waals surface area contributed by atoms with E-state index in [1.54, 1.807) is 25.1 Å². The van der Waals surface area contributed by atoms with E-state index in [1.807, 2.05) is 32.9 Å². The Balaban J connectivity index is 1.78. The molecular formula is C28H28IN3O5. The highest BCUT2D eigenvalue weighted by Gasteiger charge is 2.38. The molecule has 1 saturated heterocycles. The van der Waals surface area contributed by atoms with Crippen molar-refractivity contribution in [3.63, 3.8) is 0 Å². The van der Waals surface area contributed by atoms with E-state index >= 15 is 0 Å². The number of carbonyl (C=O) groups is 3. The number of hydrogen-bond acceptors (Lipinski definition) is 5. The molecule has 0 spiro atoms. The molecule has 1 N–H and O–H groups in total. The van der Waals surface area contributed by atoms with Gasteiger partial charge in [0.25, 0.3) is 11.8 Å². The average molecular weight is 613 g/mol. The number of amides is 4. The molecule has 4 rings (SSSR count). The third-order valence-corrected chi connectivity index (χ3v) is 7.26. The summed E-state index contributed by atoms with van der Waals surface area (Å²) in [6, 6.07) is 12.2. The van der Waals surface area contributed by atoms with Crippen molar-refractivity contribution >= 4 is 52.2 Å². The minimum absolute atomic E-state index is 0.150. The molecule has 1 aliphatic rings. The molecule has 0 atom stereocenters. The summed E-state index contributed by atoms with van der Waals surface area (Å²) >= 11 is 2.30. The second-order valence-electron chi connectivity index (χ2n) is 8.55. The van der Waals surface area contributed by atoms with Crippen molar-refractivity contribution in [2.24, 2.45) is 0 Å². The van der Waals surface area contributed by atoms with Crippen molar-refractivity contribution in [1.29, 1.82) is 0 Å². The minimum atomic E-state index is -0.846. The van der Waals surface area contributed by atoms with Gasteiger partial charge in [0, 0.05) is 26.7 Å². The van der Waals surface area contributed by atoms with Gasteiger partial charge in [0.15, 0.2) is 0 Å². The zero-order valence-electron chi connectivity index (χ0n) is 21.3. The van der Waals surface area contributed by atoms with Gasteiger partial charge in [0.05, 0.1) is 18.9 Å². The first-order valence-electron chi connectivity index (χ1n) is 11.9. The van der Waals surface area contributed by atoms with Gasteiger partial charge in [-0.25, -0.2) is 9.69 Å². The normalized spacial score (nSPS) is 14.8. The zero-order valence-corrected chi connectivity index (χ0v) is 23.5. The van der Waals surface area contributed by atoms with Gasteiger partial charge in [0.2, 0.25) is 0 Å². The van der Waals surface area contributed by atoms with Crippen molar-refractivity contribution in [2.75, 3.05) is 18.1 Å². The third kappa shape index (κ3) is 5.13. The molecule has 2 aromatic carbocycles. The van der Waals surface area contributed by atoms with Crippen LogP contribution >= 0.6 is 22.6 Å². The molecule has 1 aliphatic heterocycles. The molecule has 0 bridgehead atoms. The van der Waals surface area contributed by atoms with Crippen molar-refractivity contribution in [3.05, 3.63) is 74.1 Å². The fourth-order valence-electron chi connectivity index (χ4n) is 4.34. The highest BCUT2D eigenvalue weighted by atomic mass is 127. The number of anilines is 1. The first-order valence-corrected chi connectivity index (χ1v) is 13.0. The number of benzene rings is 2. The summed E-state index contributed by atoms with van der Waals surface area (Å²) in [6.07, 6.45) is 1.53. The first kappa shape index (κ1) is 26.5. The van der Waals surface area contributed by atoms with E-state index in [4.69, 9.17) is 9.47 Å². The van der Waals surface area contributed by atoms with Crippen LogP contribution in [0.4, 0.5) is 10.5 Å². The molecule has 1 fully saturated rings. The number of barbiturate groups is 1. The Bertz CT molecular complexity index is 1440. The van der Waals surface area contributed by atoms with Crippen LogP contribution in [0.15, 0.2) is 48.0 Å². The molecule has 0 radical (unpaired) electrons. The SMILES string of the molecule is CCOc1ccc(OCC)c(N2C(=O)NC(=O)/C(=C/c3cc(C)n(-c4ccc(I)c(C)c4)c3C)C2=O)c1. The second-order valence-corrected chi connectivity index (χ2v) is 9.71. The predicted octanol–water partition coefficient (Wildman–Crippen LogP) is 5.47. The zero-order chi connectivity index (χ0) is 26.9. The largest absolute Gasteiger partial charge is 0.494 e. The number of urea groups is 1. The lowest BCUT2D eigenvalue weighted by molar-refractivity contribution is -0.122. The minimum Gasteiger partial charge on any atom is -0.494 e. The van der Waals surface area contributed by atoms with Crippen LogP contribution in [0.5, 0.6) is 11.5 Å². The Morgan fingerprint density at radius 3 is 2.35 bits per heavy atom. The maximum Gasteiger partial charge on any atom is 0.336 e. The number of halogens is 1. The van der Waals surface area contributed by atoms with Gasteiger partial charge in [-0.05, 0) is 111 Å². The Morgan fingerprint density at radius 1 is 0.946 bits per heavy atom.